The molecule has 94 valence electrons. The third kappa shape index (κ3) is 4.30. The van der Waals surface area contributed by atoms with E-state index in [1.807, 2.05) is 32.0 Å². The summed E-state index contributed by atoms with van der Waals surface area (Å²) < 4.78 is 11.9. The van der Waals surface area contributed by atoms with Crippen molar-refractivity contribution >= 4 is 16.8 Å². The molecule has 0 bridgehead atoms. The summed E-state index contributed by atoms with van der Waals surface area (Å²) in [6, 6.07) is 7.32. The van der Waals surface area contributed by atoms with E-state index >= 15 is 0 Å². The van der Waals surface area contributed by atoms with Gasteiger partial charge in [0, 0.05) is 21.8 Å². The van der Waals surface area contributed by atoms with Gasteiger partial charge in [0.15, 0.2) is 0 Å². The molecule has 2 atom stereocenters. The maximum Gasteiger partial charge on any atom is 0.307 e. The van der Waals surface area contributed by atoms with Crippen LogP contribution in [0.2, 0.25) is 0 Å². The van der Waals surface area contributed by atoms with Crippen LogP contribution in [0.15, 0.2) is 24.3 Å². The van der Waals surface area contributed by atoms with Crippen molar-refractivity contribution in [2.45, 2.75) is 37.7 Å². The second-order valence-corrected chi connectivity index (χ2v) is 5.94. The average Bonchev–Trinajstić information content (AvgIpc) is 2.29. The maximum atomic E-state index is 11.9. The summed E-state index contributed by atoms with van der Waals surface area (Å²) in [6.45, 7) is 3.96. The fourth-order valence-corrected chi connectivity index (χ4v) is 2.76. The Balaban J connectivity index is 2.83. The number of hydrogen-bond donors (Lipinski definition) is 1. The van der Waals surface area contributed by atoms with E-state index in [1.165, 1.54) is 0 Å². The zero-order chi connectivity index (χ0) is 12.8. The number of carboxylic acids is 1. The summed E-state index contributed by atoms with van der Waals surface area (Å²) in [5.74, 6) is -0.412. The van der Waals surface area contributed by atoms with Gasteiger partial charge in [-0.3, -0.25) is 9.00 Å². The normalized spacial score (nSPS) is 14.2. The van der Waals surface area contributed by atoms with Crippen molar-refractivity contribution < 1.29 is 14.1 Å². The lowest BCUT2D eigenvalue weighted by molar-refractivity contribution is -0.136. The first-order chi connectivity index (χ1) is 8.04. The van der Waals surface area contributed by atoms with E-state index in [0.29, 0.717) is 5.75 Å². The lowest BCUT2D eigenvalue weighted by Crippen LogP contribution is -2.13. The van der Waals surface area contributed by atoms with Gasteiger partial charge < -0.3 is 5.11 Å². The number of carbonyl (C=O) groups is 1. The van der Waals surface area contributed by atoms with E-state index in [1.54, 1.807) is 6.07 Å². The lowest BCUT2D eigenvalue weighted by Gasteiger charge is -2.11. The Kier molecular flexibility index (Phi) is 5.35. The van der Waals surface area contributed by atoms with Gasteiger partial charge in [-0.05, 0) is 17.5 Å². The second-order valence-electron chi connectivity index (χ2n) is 4.08. The number of benzene rings is 1. The van der Waals surface area contributed by atoms with Crippen molar-refractivity contribution in [3.8, 4) is 0 Å². The fraction of sp³-hybridized carbons (Fsp3) is 0.462. The van der Waals surface area contributed by atoms with Crippen LogP contribution in [-0.2, 0) is 27.8 Å². The van der Waals surface area contributed by atoms with Crippen LogP contribution in [0.3, 0.4) is 0 Å². The number of carboxylic acid groups (broad SMARTS) is 1. The molecule has 0 aliphatic rings. The summed E-state index contributed by atoms with van der Waals surface area (Å²) in [7, 11) is -0.934. The molecule has 1 aromatic rings. The largest absolute Gasteiger partial charge is 0.481 e. The maximum absolute atomic E-state index is 11.9. The molecule has 0 fully saturated rings. The Hall–Kier alpha value is -1.16. The quantitative estimate of drug-likeness (QED) is 0.848. The molecular formula is C13H18O3S. The van der Waals surface area contributed by atoms with Crippen LogP contribution in [0.25, 0.3) is 0 Å². The van der Waals surface area contributed by atoms with Gasteiger partial charge in [-0.1, -0.05) is 38.1 Å². The van der Waals surface area contributed by atoms with Crippen LogP contribution in [0.1, 0.15) is 31.4 Å². The first-order valence-corrected chi connectivity index (χ1v) is 7.08. The van der Waals surface area contributed by atoms with Crippen molar-refractivity contribution in [3.63, 3.8) is 0 Å². The molecule has 4 heteroatoms. The SMILES string of the molecule is CCC(C)S(=O)Cc1ccccc1CC(=O)O. The van der Waals surface area contributed by atoms with Crippen molar-refractivity contribution in [3.05, 3.63) is 35.4 Å². The molecule has 0 heterocycles. The van der Waals surface area contributed by atoms with E-state index < -0.39 is 16.8 Å². The topological polar surface area (TPSA) is 54.4 Å². The minimum atomic E-state index is -0.934. The zero-order valence-electron chi connectivity index (χ0n) is 10.2. The highest BCUT2D eigenvalue weighted by atomic mass is 32.2. The molecule has 1 aromatic carbocycles. The van der Waals surface area contributed by atoms with E-state index in [2.05, 4.69) is 0 Å². The summed E-state index contributed by atoms with van der Waals surface area (Å²) in [6.07, 6.45) is 0.863. The predicted octanol–water partition coefficient (Wildman–Crippen LogP) is 2.36. The molecule has 0 radical (unpaired) electrons. The molecule has 0 aliphatic carbocycles. The van der Waals surface area contributed by atoms with Gasteiger partial charge in [-0.2, -0.15) is 0 Å². The monoisotopic (exact) mass is 254 g/mol. The smallest absolute Gasteiger partial charge is 0.307 e. The Morgan fingerprint density at radius 1 is 1.35 bits per heavy atom. The average molecular weight is 254 g/mol. The first kappa shape index (κ1) is 13.9. The van der Waals surface area contributed by atoms with Crippen LogP contribution >= 0.6 is 0 Å². The van der Waals surface area contributed by atoms with E-state index in [9.17, 15) is 9.00 Å². The van der Waals surface area contributed by atoms with Crippen LogP contribution < -0.4 is 0 Å². The minimum Gasteiger partial charge on any atom is -0.481 e. The van der Waals surface area contributed by atoms with E-state index in [0.717, 1.165) is 17.5 Å². The molecule has 0 spiro atoms. The molecule has 17 heavy (non-hydrogen) atoms. The van der Waals surface area contributed by atoms with Crippen molar-refractivity contribution in [2.75, 3.05) is 0 Å². The Morgan fingerprint density at radius 2 is 1.94 bits per heavy atom. The van der Waals surface area contributed by atoms with Gasteiger partial charge in [0.2, 0.25) is 0 Å². The number of hydrogen-bond acceptors (Lipinski definition) is 2. The van der Waals surface area contributed by atoms with Gasteiger partial charge in [-0.15, -0.1) is 0 Å². The Labute approximate surface area is 104 Å². The minimum absolute atomic E-state index is 0.00607. The van der Waals surface area contributed by atoms with Crippen LogP contribution in [-0.4, -0.2) is 20.5 Å². The van der Waals surface area contributed by atoms with Crippen LogP contribution in [0, 0.1) is 0 Å². The standard InChI is InChI=1S/C13H18O3S/c1-3-10(2)17(16)9-12-7-5-4-6-11(12)8-13(14)15/h4-7,10H,3,8-9H2,1-2H3,(H,14,15). The van der Waals surface area contributed by atoms with Gasteiger partial charge in [-0.25, -0.2) is 0 Å². The molecule has 0 saturated carbocycles. The van der Waals surface area contributed by atoms with Gasteiger partial charge in [0.25, 0.3) is 0 Å². The third-order valence-corrected chi connectivity index (χ3v) is 4.61. The Bertz CT molecular complexity index is 415. The van der Waals surface area contributed by atoms with Gasteiger partial charge >= 0.3 is 5.97 Å². The van der Waals surface area contributed by atoms with Gasteiger partial charge in [0.1, 0.15) is 0 Å². The number of aliphatic carboxylic acids is 1. The fourth-order valence-electron chi connectivity index (χ4n) is 1.52. The third-order valence-electron chi connectivity index (χ3n) is 2.78. The van der Waals surface area contributed by atoms with E-state index in [-0.39, 0.29) is 11.7 Å². The highest BCUT2D eigenvalue weighted by molar-refractivity contribution is 7.84. The summed E-state index contributed by atoms with van der Waals surface area (Å²) in [5, 5.41) is 8.95. The molecular weight excluding hydrogens is 236 g/mol. The highest BCUT2D eigenvalue weighted by Gasteiger charge is 2.13. The lowest BCUT2D eigenvalue weighted by atomic mass is 10.1. The Morgan fingerprint density at radius 3 is 2.47 bits per heavy atom. The summed E-state index contributed by atoms with van der Waals surface area (Å²) in [4.78, 5) is 10.7. The number of rotatable bonds is 6. The molecule has 1 N–H and O–H groups in total. The molecule has 2 unspecified atom stereocenters. The summed E-state index contributed by atoms with van der Waals surface area (Å²) in [5.41, 5.74) is 1.64. The second kappa shape index (κ2) is 6.55. The van der Waals surface area contributed by atoms with Crippen molar-refractivity contribution in [1.82, 2.24) is 0 Å². The summed E-state index contributed by atoms with van der Waals surface area (Å²) >= 11 is 0. The van der Waals surface area contributed by atoms with Crippen LogP contribution in [0.5, 0.6) is 0 Å². The van der Waals surface area contributed by atoms with Crippen LogP contribution in [0.4, 0.5) is 0 Å². The predicted molar refractivity (Wildman–Crippen MR) is 69.4 cm³/mol. The molecule has 0 saturated heterocycles. The molecule has 0 aromatic heterocycles. The highest BCUT2D eigenvalue weighted by Crippen LogP contribution is 2.15. The van der Waals surface area contributed by atoms with Gasteiger partial charge in [0.05, 0.1) is 6.42 Å². The first-order valence-electron chi connectivity index (χ1n) is 5.70. The van der Waals surface area contributed by atoms with E-state index in [4.69, 9.17) is 5.11 Å². The molecule has 3 nitrogen and oxygen atoms in total. The van der Waals surface area contributed by atoms with Crippen molar-refractivity contribution in [2.24, 2.45) is 0 Å². The molecule has 1 rings (SSSR count). The van der Waals surface area contributed by atoms with Crippen molar-refractivity contribution in [1.29, 1.82) is 0 Å². The molecule has 0 aliphatic heterocycles. The zero-order valence-corrected chi connectivity index (χ0v) is 11.0. The molecule has 0 amide bonds.